The molecule has 2 N–H and O–H groups in total. The first-order valence-corrected chi connectivity index (χ1v) is 9.66. The Balaban J connectivity index is 1.54. The van der Waals surface area contributed by atoms with E-state index in [-0.39, 0.29) is 11.4 Å². The van der Waals surface area contributed by atoms with Crippen molar-refractivity contribution in [3.05, 3.63) is 59.4 Å². The smallest absolute Gasteiger partial charge is 0.230 e. The molecule has 0 radical (unpaired) electrons. The molecule has 0 aliphatic carbocycles. The van der Waals surface area contributed by atoms with E-state index in [1.807, 2.05) is 18.2 Å². The van der Waals surface area contributed by atoms with Crippen molar-refractivity contribution in [2.24, 2.45) is 0 Å². The van der Waals surface area contributed by atoms with E-state index >= 15 is 0 Å². The third-order valence-corrected chi connectivity index (χ3v) is 5.42. The van der Waals surface area contributed by atoms with Crippen LogP contribution in [0.25, 0.3) is 16.6 Å². The van der Waals surface area contributed by atoms with Gasteiger partial charge in [0.15, 0.2) is 11.5 Å². The Bertz CT molecular complexity index is 1240. The number of hydrogen-bond acceptors (Lipinski definition) is 5. The summed E-state index contributed by atoms with van der Waals surface area (Å²) in [7, 11) is 0. The average molecular weight is 392 g/mol. The number of carbonyl (C=O) groups excluding carboxylic acids is 1. The van der Waals surface area contributed by atoms with Gasteiger partial charge < -0.3 is 10.2 Å². The summed E-state index contributed by atoms with van der Waals surface area (Å²) >= 11 is 0. The van der Waals surface area contributed by atoms with Gasteiger partial charge in [0.25, 0.3) is 0 Å². The molecule has 8 heteroatoms. The summed E-state index contributed by atoms with van der Waals surface area (Å²) in [6.07, 6.45) is 1.66. The summed E-state index contributed by atoms with van der Waals surface area (Å²) in [6.45, 7) is 6.74. The molecular formula is C21H21FN6O. The van der Waals surface area contributed by atoms with Crippen molar-refractivity contribution in [1.82, 2.24) is 24.9 Å². The van der Waals surface area contributed by atoms with Gasteiger partial charge in [-0.25, -0.2) is 9.37 Å². The van der Waals surface area contributed by atoms with Crippen molar-refractivity contribution < 1.29 is 9.18 Å². The normalized spacial score (nSPS) is 17.3. The molecule has 148 valence electrons. The molecule has 1 unspecified atom stereocenters. The van der Waals surface area contributed by atoms with Crippen LogP contribution in [0, 0.1) is 12.7 Å². The fraction of sp³-hybridized carbons (Fsp3) is 0.286. The van der Waals surface area contributed by atoms with Crippen molar-refractivity contribution in [1.29, 1.82) is 0 Å². The molecule has 4 aromatic rings. The van der Waals surface area contributed by atoms with Gasteiger partial charge in [-0.2, -0.15) is 5.10 Å². The van der Waals surface area contributed by atoms with Gasteiger partial charge in [-0.1, -0.05) is 0 Å². The molecule has 1 saturated heterocycles. The Labute approximate surface area is 166 Å². The van der Waals surface area contributed by atoms with Crippen LogP contribution in [0.4, 0.5) is 10.1 Å². The van der Waals surface area contributed by atoms with Gasteiger partial charge >= 0.3 is 0 Å². The minimum absolute atomic E-state index is 0.142. The number of nitrogens with zero attached hydrogens (tertiary/aromatic N) is 4. The second kappa shape index (κ2) is 6.66. The Hall–Kier alpha value is -3.26. The second-order valence-electron chi connectivity index (χ2n) is 7.57. The number of fused-ring (bicyclic) bond motifs is 2. The van der Waals surface area contributed by atoms with Gasteiger partial charge in [0.05, 0.1) is 16.9 Å². The predicted octanol–water partition coefficient (Wildman–Crippen LogP) is 2.69. The van der Waals surface area contributed by atoms with Gasteiger partial charge in [0.1, 0.15) is 5.69 Å². The number of H-pyrrole nitrogens is 1. The molecule has 1 aliphatic heterocycles. The Morgan fingerprint density at radius 3 is 2.97 bits per heavy atom. The number of hydrogen-bond donors (Lipinski definition) is 2. The van der Waals surface area contributed by atoms with Gasteiger partial charge in [-0.3, -0.25) is 14.3 Å². The van der Waals surface area contributed by atoms with Crippen LogP contribution in [-0.2, 0) is 0 Å². The highest BCUT2D eigenvalue weighted by Crippen LogP contribution is 2.26. The first-order chi connectivity index (χ1) is 14.0. The highest BCUT2D eigenvalue weighted by atomic mass is 19.1. The third-order valence-electron chi connectivity index (χ3n) is 5.42. The molecule has 3 aromatic heterocycles. The summed E-state index contributed by atoms with van der Waals surface area (Å²) in [5.41, 5.74) is 3.34. The Kier molecular flexibility index (Phi) is 4.09. The third kappa shape index (κ3) is 2.96. The zero-order valence-electron chi connectivity index (χ0n) is 16.2. The van der Waals surface area contributed by atoms with Crippen LogP contribution in [0.1, 0.15) is 28.8 Å². The lowest BCUT2D eigenvalue weighted by Gasteiger charge is -2.33. The molecule has 0 saturated carbocycles. The summed E-state index contributed by atoms with van der Waals surface area (Å²) in [5.74, 6) is -0.737. The number of pyridine rings is 1. The number of piperazine rings is 1. The summed E-state index contributed by atoms with van der Waals surface area (Å²) in [5, 5.41) is 11.4. The number of ketones is 1. The number of nitrogens with one attached hydrogen (secondary N) is 2. The lowest BCUT2D eigenvalue weighted by atomic mass is 10.1. The lowest BCUT2D eigenvalue weighted by molar-refractivity contribution is 0.103. The van der Waals surface area contributed by atoms with Gasteiger partial charge in [-0.05, 0) is 44.2 Å². The number of benzene rings is 1. The maximum Gasteiger partial charge on any atom is 0.230 e. The quantitative estimate of drug-likeness (QED) is 0.524. The molecule has 1 fully saturated rings. The van der Waals surface area contributed by atoms with Crippen molar-refractivity contribution in [2.75, 3.05) is 24.5 Å². The van der Waals surface area contributed by atoms with Crippen molar-refractivity contribution in [3.63, 3.8) is 0 Å². The van der Waals surface area contributed by atoms with E-state index in [0.29, 0.717) is 23.1 Å². The van der Waals surface area contributed by atoms with Crippen LogP contribution in [0.5, 0.6) is 0 Å². The largest absolute Gasteiger partial charge is 0.369 e. The van der Waals surface area contributed by atoms with Crippen molar-refractivity contribution in [3.8, 4) is 0 Å². The number of anilines is 1. The summed E-state index contributed by atoms with van der Waals surface area (Å²) in [6, 6.07) is 9.15. The minimum atomic E-state index is -0.462. The maximum absolute atomic E-state index is 14.1. The highest BCUT2D eigenvalue weighted by Gasteiger charge is 2.22. The van der Waals surface area contributed by atoms with Crippen LogP contribution in [0.3, 0.4) is 0 Å². The first-order valence-electron chi connectivity index (χ1n) is 9.66. The monoisotopic (exact) mass is 392 g/mol. The Morgan fingerprint density at radius 1 is 1.28 bits per heavy atom. The van der Waals surface area contributed by atoms with E-state index in [1.54, 1.807) is 13.1 Å². The van der Waals surface area contributed by atoms with E-state index < -0.39 is 5.82 Å². The summed E-state index contributed by atoms with van der Waals surface area (Å²) in [4.78, 5) is 19.7. The highest BCUT2D eigenvalue weighted by molar-refractivity contribution is 6.14. The van der Waals surface area contributed by atoms with E-state index in [2.05, 4.69) is 32.3 Å². The predicted molar refractivity (Wildman–Crippen MR) is 109 cm³/mol. The number of imidazole rings is 1. The number of halogens is 1. The topological polar surface area (TPSA) is 78.3 Å². The van der Waals surface area contributed by atoms with Crippen LogP contribution >= 0.6 is 0 Å². The number of rotatable bonds is 3. The second-order valence-corrected chi connectivity index (χ2v) is 7.57. The number of carbonyl (C=O) groups is 1. The number of aromatic amines is 1. The molecule has 1 aromatic carbocycles. The first kappa shape index (κ1) is 17.8. The van der Waals surface area contributed by atoms with E-state index in [4.69, 9.17) is 0 Å². The molecular weight excluding hydrogens is 371 g/mol. The lowest BCUT2D eigenvalue weighted by Crippen LogP contribution is -2.49. The van der Waals surface area contributed by atoms with Crippen LogP contribution < -0.4 is 10.2 Å². The molecule has 0 spiro atoms. The fourth-order valence-corrected chi connectivity index (χ4v) is 4.01. The SMILES string of the molecule is Cc1cn2c(C(=O)c3n[nH]c4cc(N5CCNC(C)C5)ccc34)ccc(F)c2n1. The van der Waals surface area contributed by atoms with E-state index in [9.17, 15) is 9.18 Å². The standard InChI is InChI=1S/C21H21FN6O/c1-12-10-27(8-7-23-12)14-3-4-15-17(9-14)25-26-19(15)20(29)18-6-5-16(22)21-24-13(2)11-28(18)21/h3-6,9,11-12,23H,7-8,10H2,1-2H3,(H,25,26). The van der Waals surface area contributed by atoms with E-state index in [0.717, 1.165) is 36.2 Å². The zero-order valence-corrected chi connectivity index (χ0v) is 16.2. The molecule has 1 atom stereocenters. The van der Waals surface area contributed by atoms with Crippen molar-refractivity contribution >= 4 is 28.0 Å². The average Bonchev–Trinajstić information content (AvgIpc) is 3.31. The Morgan fingerprint density at radius 2 is 2.14 bits per heavy atom. The minimum Gasteiger partial charge on any atom is -0.369 e. The van der Waals surface area contributed by atoms with E-state index in [1.165, 1.54) is 16.5 Å². The molecule has 0 amide bonds. The molecule has 29 heavy (non-hydrogen) atoms. The van der Waals surface area contributed by atoms with Crippen LogP contribution in [-0.4, -0.2) is 51.0 Å². The zero-order chi connectivity index (χ0) is 20.1. The van der Waals surface area contributed by atoms with Gasteiger partial charge in [-0.15, -0.1) is 0 Å². The van der Waals surface area contributed by atoms with Crippen LogP contribution in [0.15, 0.2) is 36.5 Å². The van der Waals surface area contributed by atoms with Gasteiger partial charge in [0, 0.05) is 42.9 Å². The van der Waals surface area contributed by atoms with Crippen LogP contribution in [0.2, 0.25) is 0 Å². The molecule has 0 bridgehead atoms. The summed E-state index contributed by atoms with van der Waals surface area (Å²) < 4.78 is 15.6. The number of aromatic nitrogens is 4. The van der Waals surface area contributed by atoms with Gasteiger partial charge in [0.2, 0.25) is 5.78 Å². The molecule has 1 aliphatic rings. The number of aryl methyl sites for hydroxylation is 1. The van der Waals surface area contributed by atoms with Crippen molar-refractivity contribution in [2.45, 2.75) is 19.9 Å². The fourth-order valence-electron chi connectivity index (χ4n) is 4.01. The molecule has 5 rings (SSSR count). The maximum atomic E-state index is 14.1. The molecule has 7 nitrogen and oxygen atoms in total. The molecule has 4 heterocycles.